The third kappa shape index (κ3) is 7.30. The molecule has 0 aromatic rings. The van der Waals surface area contributed by atoms with Crippen molar-refractivity contribution in [2.75, 3.05) is 39.5 Å². The van der Waals surface area contributed by atoms with Gasteiger partial charge in [-0.05, 0) is 20.0 Å². The summed E-state index contributed by atoms with van der Waals surface area (Å²) >= 11 is 0. The van der Waals surface area contributed by atoms with Gasteiger partial charge in [-0.25, -0.2) is 8.42 Å². The Morgan fingerprint density at radius 1 is 1.24 bits per heavy atom. The van der Waals surface area contributed by atoms with Gasteiger partial charge in [-0.3, -0.25) is 4.79 Å². The number of aliphatic carboxylic acids is 1. The van der Waals surface area contributed by atoms with E-state index in [0.717, 1.165) is 0 Å². The number of carboxylic acids is 1. The van der Waals surface area contributed by atoms with Crippen LogP contribution < -0.4 is 0 Å². The summed E-state index contributed by atoms with van der Waals surface area (Å²) in [6.45, 7) is 5.05. The predicted molar refractivity (Wildman–Crippen MR) is 66.4 cm³/mol. The largest absolute Gasteiger partial charge is 0.480 e. The van der Waals surface area contributed by atoms with Gasteiger partial charge >= 0.3 is 5.97 Å². The molecule has 0 aromatic carbocycles. The van der Waals surface area contributed by atoms with Gasteiger partial charge < -0.3 is 10.0 Å². The molecule has 0 bridgehead atoms. The van der Waals surface area contributed by atoms with Crippen molar-refractivity contribution in [3.05, 3.63) is 0 Å². The molecule has 0 spiro atoms. The molecule has 0 unspecified atom stereocenters. The quantitative estimate of drug-likeness (QED) is 0.665. The highest BCUT2D eigenvalue weighted by Crippen LogP contribution is 2.06. The van der Waals surface area contributed by atoms with Crippen LogP contribution in [0.15, 0.2) is 0 Å². The number of nitrogens with zero attached hydrogens (tertiary/aromatic N) is 2. The Kier molecular flexibility index (Phi) is 6.66. The smallest absolute Gasteiger partial charge is 0.320 e. The summed E-state index contributed by atoms with van der Waals surface area (Å²) in [6, 6.07) is 0. The Labute approximate surface area is 103 Å². The lowest BCUT2D eigenvalue weighted by molar-refractivity contribution is -0.134. The van der Waals surface area contributed by atoms with Crippen molar-refractivity contribution in [3.63, 3.8) is 0 Å². The molecule has 102 valence electrons. The van der Waals surface area contributed by atoms with Crippen LogP contribution in [0.1, 0.15) is 13.8 Å². The van der Waals surface area contributed by atoms with Gasteiger partial charge in [-0.2, -0.15) is 4.31 Å². The van der Waals surface area contributed by atoms with Gasteiger partial charge in [-0.15, -0.1) is 0 Å². The molecule has 6 nitrogen and oxygen atoms in total. The molecule has 0 radical (unpaired) electrons. The standard InChI is InChI=1S/C10H22N2O4S/c1-9(2)7-12(6-5-11(3)4)17(15,16)8-10(13)14/h9H,5-8H2,1-4H3,(H,13,14). The number of rotatable bonds is 8. The molecule has 0 fully saturated rings. The summed E-state index contributed by atoms with van der Waals surface area (Å²) in [4.78, 5) is 12.4. The molecular weight excluding hydrogens is 244 g/mol. The molecule has 0 aromatic heterocycles. The minimum atomic E-state index is -3.71. The fraction of sp³-hybridized carbons (Fsp3) is 0.900. The van der Waals surface area contributed by atoms with Crippen molar-refractivity contribution in [1.82, 2.24) is 9.21 Å². The monoisotopic (exact) mass is 266 g/mol. The fourth-order valence-corrected chi connectivity index (χ4v) is 2.69. The molecule has 7 heteroatoms. The minimum absolute atomic E-state index is 0.167. The minimum Gasteiger partial charge on any atom is -0.480 e. The van der Waals surface area contributed by atoms with E-state index in [2.05, 4.69) is 0 Å². The van der Waals surface area contributed by atoms with Crippen LogP contribution in [-0.2, 0) is 14.8 Å². The summed E-state index contributed by atoms with van der Waals surface area (Å²) in [6.07, 6.45) is 0. The van der Waals surface area contributed by atoms with Crippen molar-refractivity contribution in [1.29, 1.82) is 0 Å². The first-order chi connectivity index (χ1) is 7.65. The number of sulfonamides is 1. The molecule has 0 rings (SSSR count). The molecule has 0 saturated carbocycles. The van der Waals surface area contributed by atoms with Gasteiger partial charge in [0.25, 0.3) is 0 Å². The summed E-state index contributed by atoms with van der Waals surface area (Å²) in [5, 5.41) is 8.59. The Morgan fingerprint density at radius 3 is 2.12 bits per heavy atom. The second kappa shape index (κ2) is 6.93. The first kappa shape index (κ1) is 16.3. The normalized spacial score (nSPS) is 12.6. The lowest BCUT2D eigenvalue weighted by Gasteiger charge is -2.24. The molecule has 17 heavy (non-hydrogen) atoms. The molecule has 0 saturated heterocycles. The van der Waals surface area contributed by atoms with E-state index in [1.54, 1.807) is 0 Å². The zero-order valence-electron chi connectivity index (χ0n) is 10.9. The topological polar surface area (TPSA) is 77.9 Å². The van der Waals surface area contributed by atoms with Gasteiger partial charge in [0.1, 0.15) is 0 Å². The highest BCUT2D eigenvalue weighted by molar-refractivity contribution is 7.89. The van der Waals surface area contributed by atoms with E-state index in [1.807, 2.05) is 32.8 Å². The van der Waals surface area contributed by atoms with E-state index < -0.39 is 21.7 Å². The van der Waals surface area contributed by atoms with Crippen LogP contribution in [-0.4, -0.2) is 68.2 Å². The van der Waals surface area contributed by atoms with Crippen molar-refractivity contribution in [2.45, 2.75) is 13.8 Å². The van der Waals surface area contributed by atoms with Crippen LogP contribution >= 0.6 is 0 Å². The number of hydrogen-bond donors (Lipinski definition) is 1. The van der Waals surface area contributed by atoms with Gasteiger partial charge in [0.2, 0.25) is 10.0 Å². The lowest BCUT2D eigenvalue weighted by atomic mass is 10.2. The van der Waals surface area contributed by atoms with E-state index in [9.17, 15) is 13.2 Å². The van der Waals surface area contributed by atoms with Crippen molar-refractivity contribution in [3.8, 4) is 0 Å². The van der Waals surface area contributed by atoms with Gasteiger partial charge in [0.05, 0.1) is 0 Å². The fourth-order valence-electron chi connectivity index (χ4n) is 1.31. The van der Waals surface area contributed by atoms with Crippen LogP contribution in [0.5, 0.6) is 0 Å². The van der Waals surface area contributed by atoms with Crippen LogP contribution in [0, 0.1) is 5.92 Å². The van der Waals surface area contributed by atoms with E-state index >= 15 is 0 Å². The second-order valence-electron chi connectivity index (χ2n) is 4.71. The third-order valence-electron chi connectivity index (χ3n) is 2.06. The van der Waals surface area contributed by atoms with Gasteiger partial charge in [0, 0.05) is 19.6 Å². The highest BCUT2D eigenvalue weighted by Gasteiger charge is 2.25. The summed E-state index contributed by atoms with van der Waals surface area (Å²) in [5.41, 5.74) is 0. The van der Waals surface area contributed by atoms with Crippen molar-refractivity contribution < 1.29 is 18.3 Å². The van der Waals surface area contributed by atoms with Gasteiger partial charge in [-0.1, -0.05) is 13.8 Å². The Balaban J connectivity index is 4.71. The summed E-state index contributed by atoms with van der Waals surface area (Å²) in [5.74, 6) is -1.99. The average Bonchev–Trinajstić information content (AvgIpc) is 2.08. The van der Waals surface area contributed by atoms with Crippen LogP contribution in [0.4, 0.5) is 0 Å². The zero-order chi connectivity index (χ0) is 13.6. The molecule has 0 aliphatic rings. The lowest BCUT2D eigenvalue weighted by Crippen LogP contribution is -2.41. The maximum atomic E-state index is 11.8. The maximum Gasteiger partial charge on any atom is 0.320 e. The zero-order valence-corrected chi connectivity index (χ0v) is 11.7. The molecule has 0 heterocycles. The first-order valence-electron chi connectivity index (χ1n) is 5.49. The Hall–Kier alpha value is -0.660. The SMILES string of the molecule is CC(C)CN(CCN(C)C)S(=O)(=O)CC(=O)O. The molecule has 0 amide bonds. The molecule has 0 aliphatic heterocycles. The van der Waals surface area contributed by atoms with Crippen molar-refractivity contribution >= 4 is 16.0 Å². The van der Waals surface area contributed by atoms with Crippen LogP contribution in [0.25, 0.3) is 0 Å². The number of carbonyl (C=O) groups is 1. The van der Waals surface area contributed by atoms with Crippen LogP contribution in [0.3, 0.4) is 0 Å². The molecule has 1 N–H and O–H groups in total. The maximum absolute atomic E-state index is 11.8. The van der Waals surface area contributed by atoms with E-state index in [-0.39, 0.29) is 5.92 Å². The van der Waals surface area contributed by atoms with E-state index in [0.29, 0.717) is 19.6 Å². The second-order valence-corrected chi connectivity index (χ2v) is 6.67. The first-order valence-corrected chi connectivity index (χ1v) is 7.10. The van der Waals surface area contributed by atoms with Crippen molar-refractivity contribution in [2.24, 2.45) is 5.92 Å². The Morgan fingerprint density at radius 2 is 1.76 bits per heavy atom. The van der Waals surface area contributed by atoms with E-state index in [4.69, 9.17) is 5.11 Å². The summed E-state index contributed by atoms with van der Waals surface area (Å²) < 4.78 is 24.9. The molecule has 0 atom stereocenters. The average molecular weight is 266 g/mol. The molecular formula is C10H22N2O4S. The number of hydrogen-bond acceptors (Lipinski definition) is 4. The number of likely N-dealkylation sites (N-methyl/N-ethyl adjacent to an activating group) is 1. The third-order valence-corrected chi connectivity index (χ3v) is 3.79. The Bertz CT molecular complexity index is 338. The van der Waals surface area contributed by atoms with Crippen LogP contribution in [0.2, 0.25) is 0 Å². The molecule has 0 aliphatic carbocycles. The predicted octanol–water partition coefficient (Wildman–Crippen LogP) is -0.0796. The number of carboxylic acid groups (broad SMARTS) is 1. The van der Waals surface area contributed by atoms with E-state index in [1.165, 1.54) is 4.31 Å². The van der Waals surface area contributed by atoms with Gasteiger partial charge in [0.15, 0.2) is 5.75 Å². The highest BCUT2D eigenvalue weighted by atomic mass is 32.2. The summed E-state index contributed by atoms with van der Waals surface area (Å²) in [7, 11) is -0.0160.